The van der Waals surface area contributed by atoms with Crippen LogP contribution in [-0.2, 0) is 4.79 Å². The Balaban J connectivity index is 2.16. The van der Waals surface area contributed by atoms with Gasteiger partial charge in [-0.15, -0.1) is 0 Å². The zero-order valence-corrected chi connectivity index (χ0v) is 10.1. The molecule has 2 rings (SSSR count). The molecule has 1 amide bonds. The molecule has 1 aromatic heterocycles. The van der Waals surface area contributed by atoms with Gasteiger partial charge < -0.3 is 10.6 Å². The fraction of sp³-hybridized carbons (Fsp3) is 0.250. The Morgan fingerprint density at radius 1 is 1.39 bits per heavy atom. The fourth-order valence-corrected chi connectivity index (χ4v) is 1.56. The van der Waals surface area contributed by atoms with Gasteiger partial charge in [0, 0.05) is 13.0 Å². The first kappa shape index (κ1) is 12.3. The predicted molar refractivity (Wildman–Crippen MR) is 68.5 cm³/mol. The zero-order chi connectivity index (χ0) is 12.8. The van der Waals surface area contributed by atoms with Crippen LogP contribution in [0.15, 0.2) is 36.9 Å². The minimum absolute atomic E-state index is 0.0306. The second kappa shape index (κ2) is 5.92. The number of hydrogen-bond donors (Lipinski definition) is 2. The van der Waals surface area contributed by atoms with Crippen LogP contribution in [0.4, 0.5) is 5.69 Å². The van der Waals surface area contributed by atoms with Crippen LogP contribution in [0.25, 0.3) is 5.69 Å². The third kappa shape index (κ3) is 2.92. The lowest BCUT2D eigenvalue weighted by Gasteiger charge is -2.10. The van der Waals surface area contributed by atoms with Crippen molar-refractivity contribution in [1.82, 2.24) is 20.1 Å². The van der Waals surface area contributed by atoms with Gasteiger partial charge in [-0.05, 0) is 19.2 Å². The molecule has 0 bridgehead atoms. The van der Waals surface area contributed by atoms with E-state index in [0.717, 1.165) is 11.4 Å². The molecule has 18 heavy (non-hydrogen) atoms. The smallest absolute Gasteiger partial charge is 0.225 e. The molecule has 0 aliphatic heterocycles. The lowest BCUT2D eigenvalue weighted by Crippen LogP contribution is -2.19. The number of rotatable bonds is 5. The molecule has 0 fully saturated rings. The highest BCUT2D eigenvalue weighted by molar-refractivity contribution is 5.92. The lowest BCUT2D eigenvalue weighted by molar-refractivity contribution is -0.116. The van der Waals surface area contributed by atoms with Gasteiger partial charge in [0.15, 0.2) is 0 Å². The number of carbonyl (C=O) groups is 1. The molecule has 0 unspecified atom stereocenters. The highest BCUT2D eigenvalue weighted by Crippen LogP contribution is 2.18. The van der Waals surface area contributed by atoms with E-state index in [1.807, 2.05) is 31.3 Å². The molecule has 0 spiro atoms. The monoisotopic (exact) mass is 245 g/mol. The second-order valence-corrected chi connectivity index (χ2v) is 3.76. The second-order valence-electron chi connectivity index (χ2n) is 3.76. The van der Waals surface area contributed by atoms with E-state index < -0.39 is 0 Å². The SMILES string of the molecule is CNCCC(=O)Nc1ccccc1-n1cncn1. The maximum atomic E-state index is 11.7. The van der Waals surface area contributed by atoms with Gasteiger partial charge in [-0.2, -0.15) is 5.10 Å². The van der Waals surface area contributed by atoms with E-state index in [-0.39, 0.29) is 5.91 Å². The molecule has 6 heteroatoms. The van der Waals surface area contributed by atoms with Crippen molar-refractivity contribution in [3.05, 3.63) is 36.9 Å². The normalized spacial score (nSPS) is 10.3. The average molecular weight is 245 g/mol. The quantitative estimate of drug-likeness (QED) is 0.818. The summed E-state index contributed by atoms with van der Waals surface area (Å²) < 4.78 is 1.62. The first-order valence-corrected chi connectivity index (χ1v) is 5.69. The molecule has 0 aliphatic rings. The van der Waals surface area contributed by atoms with Gasteiger partial charge >= 0.3 is 0 Å². The Morgan fingerprint density at radius 3 is 2.94 bits per heavy atom. The van der Waals surface area contributed by atoms with Crippen LogP contribution >= 0.6 is 0 Å². The first-order chi connectivity index (χ1) is 8.81. The van der Waals surface area contributed by atoms with Crippen molar-refractivity contribution in [1.29, 1.82) is 0 Å². The van der Waals surface area contributed by atoms with E-state index in [1.165, 1.54) is 6.33 Å². The van der Waals surface area contributed by atoms with Crippen molar-refractivity contribution < 1.29 is 4.79 Å². The van der Waals surface area contributed by atoms with Gasteiger partial charge in [-0.3, -0.25) is 4.79 Å². The molecule has 2 N–H and O–H groups in total. The van der Waals surface area contributed by atoms with Gasteiger partial charge in [0.05, 0.1) is 11.4 Å². The number of hydrogen-bond acceptors (Lipinski definition) is 4. The topological polar surface area (TPSA) is 71.8 Å². The van der Waals surface area contributed by atoms with Gasteiger partial charge in [-0.1, -0.05) is 12.1 Å². The Kier molecular flexibility index (Phi) is 4.03. The van der Waals surface area contributed by atoms with Gasteiger partial charge in [-0.25, -0.2) is 9.67 Å². The van der Waals surface area contributed by atoms with Crippen molar-refractivity contribution in [3.63, 3.8) is 0 Å². The molecule has 0 aliphatic carbocycles. The molecule has 0 radical (unpaired) electrons. The summed E-state index contributed by atoms with van der Waals surface area (Å²) in [5.74, 6) is -0.0306. The highest BCUT2D eigenvalue weighted by atomic mass is 16.1. The van der Waals surface area contributed by atoms with E-state index in [2.05, 4.69) is 20.7 Å². The number of nitrogens with one attached hydrogen (secondary N) is 2. The van der Waals surface area contributed by atoms with Crippen LogP contribution in [0.2, 0.25) is 0 Å². The minimum Gasteiger partial charge on any atom is -0.324 e. The van der Waals surface area contributed by atoms with Crippen LogP contribution in [0.3, 0.4) is 0 Å². The Morgan fingerprint density at radius 2 is 2.22 bits per heavy atom. The fourth-order valence-electron chi connectivity index (χ4n) is 1.56. The number of anilines is 1. The van der Waals surface area contributed by atoms with Crippen LogP contribution in [0, 0.1) is 0 Å². The maximum Gasteiger partial charge on any atom is 0.225 e. The number of nitrogens with zero attached hydrogens (tertiary/aromatic N) is 3. The third-order valence-electron chi connectivity index (χ3n) is 2.45. The van der Waals surface area contributed by atoms with Crippen LogP contribution in [0.1, 0.15) is 6.42 Å². The summed E-state index contributed by atoms with van der Waals surface area (Å²) in [6.07, 6.45) is 3.49. The first-order valence-electron chi connectivity index (χ1n) is 5.69. The molecule has 94 valence electrons. The summed E-state index contributed by atoms with van der Waals surface area (Å²) in [5, 5.41) is 9.86. The number of amides is 1. The number of carbonyl (C=O) groups excluding carboxylic acids is 1. The van der Waals surface area contributed by atoms with Crippen molar-refractivity contribution in [2.45, 2.75) is 6.42 Å². The largest absolute Gasteiger partial charge is 0.324 e. The Labute approximate surface area is 105 Å². The zero-order valence-electron chi connectivity index (χ0n) is 10.1. The van der Waals surface area contributed by atoms with E-state index in [0.29, 0.717) is 13.0 Å². The average Bonchev–Trinajstić information content (AvgIpc) is 2.91. The summed E-state index contributed by atoms with van der Waals surface area (Å²) >= 11 is 0. The molecule has 1 aromatic carbocycles. The van der Waals surface area contributed by atoms with Crippen molar-refractivity contribution in [2.75, 3.05) is 18.9 Å². The summed E-state index contributed by atoms with van der Waals surface area (Å²) in [7, 11) is 1.82. The molecule has 0 atom stereocenters. The number of para-hydroxylation sites is 2. The predicted octanol–water partition coefficient (Wildman–Crippen LogP) is 0.815. The standard InChI is InChI=1S/C12H15N5O/c1-13-7-6-12(18)16-10-4-2-3-5-11(10)17-9-14-8-15-17/h2-5,8-9,13H,6-7H2,1H3,(H,16,18). The third-order valence-corrected chi connectivity index (χ3v) is 2.45. The summed E-state index contributed by atoms with van der Waals surface area (Å²) in [6.45, 7) is 0.650. The van der Waals surface area contributed by atoms with E-state index in [1.54, 1.807) is 11.0 Å². The molecule has 6 nitrogen and oxygen atoms in total. The van der Waals surface area contributed by atoms with Crippen LogP contribution < -0.4 is 10.6 Å². The molecular weight excluding hydrogens is 230 g/mol. The summed E-state index contributed by atoms with van der Waals surface area (Å²) in [6, 6.07) is 7.48. The summed E-state index contributed by atoms with van der Waals surface area (Å²) in [5.41, 5.74) is 1.52. The summed E-state index contributed by atoms with van der Waals surface area (Å²) in [4.78, 5) is 15.6. The molecule has 2 aromatic rings. The van der Waals surface area contributed by atoms with Gasteiger partial charge in [0.25, 0.3) is 0 Å². The van der Waals surface area contributed by atoms with Gasteiger partial charge in [0.1, 0.15) is 12.7 Å². The van der Waals surface area contributed by atoms with Crippen LogP contribution in [-0.4, -0.2) is 34.3 Å². The van der Waals surface area contributed by atoms with Gasteiger partial charge in [0.2, 0.25) is 5.91 Å². The van der Waals surface area contributed by atoms with E-state index in [4.69, 9.17) is 0 Å². The molecule has 0 saturated heterocycles. The maximum absolute atomic E-state index is 11.7. The lowest BCUT2D eigenvalue weighted by atomic mass is 10.2. The highest BCUT2D eigenvalue weighted by Gasteiger charge is 2.07. The Bertz CT molecular complexity index is 509. The molecular formula is C12H15N5O. The minimum atomic E-state index is -0.0306. The van der Waals surface area contributed by atoms with Crippen LogP contribution in [0.5, 0.6) is 0 Å². The Hall–Kier alpha value is -2.21. The van der Waals surface area contributed by atoms with Crippen molar-refractivity contribution in [3.8, 4) is 5.69 Å². The number of benzene rings is 1. The molecule has 0 saturated carbocycles. The van der Waals surface area contributed by atoms with E-state index in [9.17, 15) is 4.79 Å². The van der Waals surface area contributed by atoms with Crippen molar-refractivity contribution in [2.24, 2.45) is 0 Å². The molecule has 1 heterocycles. The van der Waals surface area contributed by atoms with E-state index >= 15 is 0 Å². The van der Waals surface area contributed by atoms with Crippen molar-refractivity contribution >= 4 is 11.6 Å². The number of aromatic nitrogens is 3.